The van der Waals surface area contributed by atoms with Crippen LogP contribution in [0.2, 0.25) is 0 Å². The molecule has 5 heteroatoms. The van der Waals surface area contributed by atoms with Crippen LogP contribution in [0.4, 0.5) is 0 Å². The quantitative estimate of drug-likeness (QED) is 0.873. The maximum atomic E-state index is 12.6. The van der Waals surface area contributed by atoms with Gasteiger partial charge in [0, 0.05) is 23.8 Å². The number of benzene rings is 2. The summed E-state index contributed by atoms with van der Waals surface area (Å²) in [7, 11) is -3.33. The SMILES string of the molecule is Cc1cccc(C2(CNC(=O)c3cccc(S(C)(=O)=O)c3)CCCC2)c1. The minimum atomic E-state index is -3.33. The predicted molar refractivity (Wildman–Crippen MR) is 103 cm³/mol. The van der Waals surface area contributed by atoms with Crippen molar-refractivity contribution in [1.82, 2.24) is 5.32 Å². The largest absolute Gasteiger partial charge is 0.351 e. The van der Waals surface area contributed by atoms with E-state index in [1.807, 2.05) is 0 Å². The number of carbonyl (C=O) groups excluding carboxylic acids is 1. The van der Waals surface area contributed by atoms with Crippen LogP contribution in [0.1, 0.15) is 47.2 Å². The second-order valence-electron chi connectivity index (χ2n) is 7.34. The molecule has 1 fully saturated rings. The lowest BCUT2D eigenvalue weighted by Gasteiger charge is -2.30. The van der Waals surface area contributed by atoms with Crippen LogP contribution in [-0.4, -0.2) is 27.1 Å². The van der Waals surface area contributed by atoms with E-state index < -0.39 is 9.84 Å². The number of aryl methyl sites for hydroxylation is 1. The Labute approximate surface area is 155 Å². The van der Waals surface area contributed by atoms with Crippen molar-refractivity contribution in [2.75, 3.05) is 12.8 Å². The molecular weight excluding hydrogens is 346 g/mol. The Kier molecular flexibility index (Phi) is 5.19. The summed E-state index contributed by atoms with van der Waals surface area (Å²) in [6.07, 6.45) is 5.58. The lowest BCUT2D eigenvalue weighted by molar-refractivity contribution is 0.0943. The highest BCUT2D eigenvalue weighted by Gasteiger charge is 2.36. The first-order valence-corrected chi connectivity index (χ1v) is 10.8. The summed E-state index contributed by atoms with van der Waals surface area (Å²) in [5.74, 6) is -0.227. The second kappa shape index (κ2) is 7.23. The standard InChI is InChI=1S/C21H25NO3S/c1-16-7-5-9-18(13-16)21(11-3-4-12-21)15-22-20(23)17-8-6-10-19(14-17)26(2,24)25/h5-10,13-14H,3-4,11-12,15H2,1-2H3,(H,22,23). The molecule has 1 aliphatic rings. The third kappa shape index (κ3) is 3.98. The van der Waals surface area contributed by atoms with Gasteiger partial charge in [0.25, 0.3) is 5.91 Å². The zero-order valence-corrected chi connectivity index (χ0v) is 16.1. The highest BCUT2D eigenvalue weighted by Crippen LogP contribution is 2.40. The molecule has 1 saturated carbocycles. The summed E-state index contributed by atoms with van der Waals surface area (Å²) >= 11 is 0. The molecule has 0 aromatic heterocycles. The summed E-state index contributed by atoms with van der Waals surface area (Å²) in [5, 5.41) is 3.04. The lowest BCUT2D eigenvalue weighted by Crippen LogP contribution is -2.39. The zero-order valence-electron chi connectivity index (χ0n) is 15.3. The van der Waals surface area contributed by atoms with Gasteiger partial charge < -0.3 is 5.32 Å². The van der Waals surface area contributed by atoms with Crippen LogP contribution < -0.4 is 5.32 Å². The van der Waals surface area contributed by atoms with Crippen molar-refractivity contribution in [1.29, 1.82) is 0 Å². The molecule has 1 N–H and O–H groups in total. The number of amides is 1. The van der Waals surface area contributed by atoms with Crippen molar-refractivity contribution in [3.8, 4) is 0 Å². The molecule has 0 spiro atoms. The zero-order chi connectivity index (χ0) is 18.8. The van der Waals surface area contributed by atoms with E-state index in [0.29, 0.717) is 12.1 Å². The minimum absolute atomic E-state index is 0.0316. The fourth-order valence-electron chi connectivity index (χ4n) is 3.81. The molecule has 0 saturated heterocycles. The first-order valence-electron chi connectivity index (χ1n) is 8.96. The summed E-state index contributed by atoms with van der Waals surface area (Å²) in [6, 6.07) is 14.7. The molecule has 0 aliphatic heterocycles. The molecule has 3 rings (SSSR count). The van der Waals surface area contributed by atoms with E-state index in [4.69, 9.17) is 0 Å². The van der Waals surface area contributed by atoms with Gasteiger partial charge in [0.05, 0.1) is 4.90 Å². The fraction of sp³-hybridized carbons (Fsp3) is 0.381. The predicted octanol–water partition coefficient (Wildman–Crippen LogP) is 3.64. The Morgan fingerprint density at radius 2 is 1.77 bits per heavy atom. The minimum Gasteiger partial charge on any atom is -0.351 e. The van der Waals surface area contributed by atoms with Gasteiger partial charge >= 0.3 is 0 Å². The van der Waals surface area contributed by atoms with E-state index in [0.717, 1.165) is 31.9 Å². The fourth-order valence-corrected chi connectivity index (χ4v) is 4.48. The Hall–Kier alpha value is -2.14. The third-order valence-electron chi connectivity index (χ3n) is 5.30. The van der Waals surface area contributed by atoms with Gasteiger partial charge in [0.15, 0.2) is 9.84 Å². The van der Waals surface area contributed by atoms with Crippen molar-refractivity contribution >= 4 is 15.7 Å². The lowest BCUT2D eigenvalue weighted by atomic mass is 9.78. The first-order chi connectivity index (χ1) is 12.3. The molecule has 0 atom stereocenters. The summed E-state index contributed by atoms with van der Waals surface area (Å²) in [4.78, 5) is 12.8. The van der Waals surface area contributed by atoms with Gasteiger partial charge in [-0.15, -0.1) is 0 Å². The smallest absolute Gasteiger partial charge is 0.251 e. The molecular formula is C21H25NO3S. The highest BCUT2D eigenvalue weighted by atomic mass is 32.2. The van der Waals surface area contributed by atoms with E-state index in [2.05, 4.69) is 36.5 Å². The monoisotopic (exact) mass is 371 g/mol. The maximum Gasteiger partial charge on any atom is 0.251 e. The average Bonchev–Trinajstić information content (AvgIpc) is 3.09. The molecule has 0 heterocycles. The maximum absolute atomic E-state index is 12.6. The number of rotatable bonds is 5. The van der Waals surface area contributed by atoms with Crippen LogP contribution in [0.5, 0.6) is 0 Å². The van der Waals surface area contributed by atoms with E-state index in [1.165, 1.54) is 23.3 Å². The van der Waals surface area contributed by atoms with Crippen molar-refractivity contribution in [2.24, 2.45) is 0 Å². The van der Waals surface area contributed by atoms with Crippen LogP contribution in [0.25, 0.3) is 0 Å². The first kappa shape index (κ1) is 18.6. The molecule has 2 aromatic carbocycles. The third-order valence-corrected chi connectivity index (χ3v) is 6.41. The van der Waals surface area contributed by atoms with Gasteiger partial charge in [0.2, 0.25) is 0 Å². The molecule has 0 bridgehead atoms. The molecule has 138 valence electrons. The second-order valence-corrected chi connectivity index (χ2v) is 9.36. The number of sulfone groups is 1. The Morgan fingerprint density at radius 1 is 1.08 bits per heavy atom. The molecule has 1 amide bonds. The Bertz CT molecular complexity index is 912. The molecule has 1 aliphatic carbocycles. The van der Waals surface area contributed by atoms with Gasteiger partial charge in [0.1, 0.15) is 0 Å². The topological polar surface area (TPSA) is 63.2 Å². The van der Waals surface area contributed by atoms with E-state index in [9.17, 15) is 13.2 Å². The number of hydrogen-bond donors (Lipinski definition) is 1. The van der Waals surface area contributed by atoms with Crippen LogP contribution in [-0.2, 0) is 15.3 Å². The van der Waals surface area contributed by atoms with Crippen molar-refractivity contribution in [2.45, 2.75) is 42.9 Å². The van der Waals surface area contributed by atoms with Gasteiger partial charge in [-0.1, -0.05) is 48.7 Å². The summed E-state index contributed by atoms with van der Waals surface area (Å²) in [5.41, 5.74) is 2.85. The number of hydrogen-bond acceptors (Lipinski definition) is 3. The van der Waals surface area contributed by atoms with Gasteiger partial charge in [-0.25, -0.2) is 8.42 Å². The van der Waals surface area contributed by atoms with E-state index in [1.54, 1.807) is 12.1 Å². The Balaban J connectivity index is 1.79. The summed E-state index contributed by atoms with van der Waals surface area (Å²) < 4.78 is 23.4. The highest BCUT2D eigenvalue weighted by molar-refractivity contribution is 7.90. The van der Waals surface area contributed by atoms with Crippen LogP contribution in [0, 0.1) is 6.92 Å². The number of nitrogens with one attached hydrogen (secondary N) is 1. The van der Waals surface area contributed by atoms with Crippen LogP contribution >= 0.6 is 0 Å². The van der Waals surface area contributed by atoms with Crippen molar-refractivity contribution in [3.63, 3.8) is 0 Å². The molecule has 26 heavy (non-hydrogen) atoms. The average molecular weight is 372 g/mol. The number of carbonyl (C=O) groups is 1. The molecule has 0 radical (unpaired) electrons. The normalized spacial score (nSPS) is 16.4. The van der Waals surface area contributed by atoms with Crippen molar-refractivity contribution in [3.05, 3.63) is 65.2 Å². The van der Waals surface area contributed by atoms with Gasteiger partial charge in [-0.05, 0) is 43.5 Å². The van der Waals surface area contributed by atoms with Crippen LogP contribution in [0.15, 0.2) is 53.4 Å². The van der Waals surface area contributed by atoms with Gasteiger partial charge in [-0.3, -0.25) is 4.79 Å². The molecule has 4 nitrogen and oxygen atoms in total. The van der Waals surface area contributed by atoms with Crippen molar-refractivity contribution < 1.29 is 13.2 Å². The van der Waals surface area contributed by atoms with Crippen LogP contribution in [0.3, 0.4) is 0 Å². The summed E-state index contributed by atoms with van der Waals surface area (Å²) in [6.45, 7) is 2.65. The molecule has 2 aromatic rings. The van der Waals surface area contributed by atoms with E-state index >= 15 is 0 Å². The van der Waals surface area contributed by atoms with E-state index in [-0.39, 0.29) is 16.2 Å². The Morgan fingerprint density at radius 3 is 2.42 bits per heavy atom. The van der Waals surface area contributed by atoms with Gasteiger partial charge in [-0.2, -0.15) is 0 Å². The molecule has 0 unspecified atom stereocenters.